The summed E-state index contributed by atoms with van der Waals surface area (Å²) in [5, 5.41) is 8.10. The van der Waals surface area contributed by atoms with Gasteiger partial charge in [0.25, 0.3) is 11.8 Å². The first-order chi connectivity index (χ1) is 15.9. The molecule has 0 unspecified atom stereocenters. The number of hydrogen-bond acceptors (Lipinski definition) is 4. The highest BCUT2D eigenvalue weighted by atomic mass is 16.5. The first kappa shape index (κ1) is 23.5. The van der Waals surface area contributed by atoms with Gasteiger partial charge in [-0.3, -0.25) is 14.4 Å². The van der Waals surface area contributed by atoms with E-state index in [1.807, 2.05) is 50.2 Å². The van der Waals surface area contributed by atoms with Gasteiger partial charge in [0.05, 0.1) is 12.1 Å². The number of ether oxygens (including phenoxy) is 1. The molecular weight excluding hydrogens is 418 g/mol. The molecule has 0 spiro atoms. The SMILES string of the molecule is Cc1ccc(CNC(=O)CNC(=O)c2ccccc2OCC(=O)Nc2ccc(C)cc2)cc1. The van der Waals surface area contributed by atoms with Crippen molar-refractivity contribution in [3.63, 3.8) is 0 Å². The third-order valence-corrected chi connectivity index (χ3v) is 4.85. The normalized spacial score (nSPS) is 10.2. The molecule has 170 valence electrons. The summed E-state index contributed by atoms with van der Waals surface area (Å²) in [7, 11) is 0. The van der Waals surface area contributed by atoms with Crippen LogP contribution < -0.4 is 20.7 Å². The zero-order valence-corrected chi connectivity index (χ0v) is 18.7. The maximum absolute atomic E-state index is 12.6. The molecule has 0 bridgehead atoms. The van der Waals surface area contributed by atoms with Gasteiger partial charge < -0.3 is 20.7 Å². The standard InChI is InChI=1S/C26H27N3O4/c1-18-7-11-20(12-8-18)15-27-24(30)16-28-26(32)22-5-3-4-6-23(22)33-17-25(31)29-21-13-9-19(2)10-14-21/h3-14H,15-17H2,1-2H3,(H,27,30)(H,28,32)(H,29,31). The van der Waals surface area contributed by atoms with Gasteiger partial charge in [0.1, 0.15) is 5.75 Å². The molecule has 0 atom stereocenters. The summed E-state index contributed by atoms with van der Waals surface area (Å²) in [4.78, 5) is 36.9. The smallest absolute Gasteiger partial charge is 0.262 e. The van der Waals surface area contributed by atoms with Crippen molar-refractivity contribution < 1.29 is 19.1 Å². The molecule has 7 nitrogen and oxygen atoms in total. The number of nitrogens with one attached hydrogen (secondary N) is 3. The summed E-state index contributed by atoms with van der Waals surface area (Å²) < 4.78 is 5.56. The molecule has 7 heteroatoms. The van der Waals surface area contributed by atoms with Gasteiger partial charge in [-0.1, -0.05) is 59.7 Å². The average molecular weight is 446 g/mol. The van der Waals surface area contributed by atoms with E-state index in [4.69, 9.17) is 4.74 Å². The van der Waals surface area contributed by atoms with Gasteiger partial charge in [-0.15, -0.1) is 0 Å². The molecule has 3 amide bonds. The van der Waals surface area contributed by atoms with E-state index in [9.17, 15) is 14.4 Å². The molecule has 0 saturated carbocycles. The van der Waals surface area contributed by atoms with Crippen molar-refractivity contribution in [3.8, 4) is 5.75 Å². The molecule has 3 N–H and O–H groups in total. The van der Waals surface area contributed by atoms with Crippen LogP contribution in [0, 0.1) is 13.8 Å². The molecule has 0 aliphatic heterocycles. The molecular formula is C26H27N3O4. The van der Waals surface area contributed by atoms with Gasteiger partial charge in [0.2, 0.25) is 5.91 Å². The second-order valence-electron chi connectivity index (χ2n) is 7.64. The van der Waals surface area contributed by atoms with E-state index in [1.54, 1.807) is 36.4 Å². The summed E-state index contributed by atoms with van der Waals surface area (Å²) in [5.74, 6) is -0.853. The maximum Gasteiger partial charge on any atom is 0.262 e. The number of amides is 3. The Hall–Kier alpha value is -4.13. The van der Waals surface area contributed by atoms with Gasteiger partial charge in [0, 0.05) is 12.2 Å². The van der Waals surface area contributed by atoms with Crippen molar-refractivity contribution in [1.29, 1.82) is 0 Å². The molecule has 0 fully saturated rings. The van der Waals surface area contributed by atoms with Gasteiger partial charge >= 0.3 is 0 Å². The topological polar surface area (TPSA) is 96.5 Å². The van der Waals surface area contributed by atoms with Crippen LogP contribution in [0.25, 0.3) is 0 Å². The Morgan fingerprint density at radius 1 is 0.758 bits per heavy atom. The highest BCUT2D eigenvalue weighted by Gasteiger charge is 2.14. The van der Waals surface area contributed by atoms with Crippen molar-refractivity contribution >= 4 is 23.4 Å². The summed E-state index contributed by atoms with van der Waals surface area (Å²) in [6.07, 6.45) is 0. The minimum absolute atomic E-state index is 0.174. The Morgan fingerprint density at radius 2 is 1.39 bits per heavy atom. The van der Waals surface area contributed by atoms with E-state index in [1.165, 1.54) is 0 Å². The van der Waals surface area contributed by atoms with E-state index in [-0.39, 0.29) is 36.3 Å². The van der Waals surface area contributed by atoms with Crippen molar-refractivity contribution in [2.24, 2.45) is 0 Å². The van der Waals surface area contributed by atoms with Crippen LogP contribution in [-0.4, -0.2) is 30.9 Å². The lowest BCUT2D eigenvalue weighted by Gasteiger charge is -2.12. The maximum atomic E-state index is 12.6. The first-order valence-corrected chi connectivity index (χ1v) is 10.6. The molecule has 3 aromatic carbocycles. The summed E-state index contributed by atoms with van der Waals surface area (Å²) in [6, 6.07) is 21.8. The highest BCUT2D eigenvalue weighted by molar-refractivity contribution is 5.99. The van der Waals surface area contributed by atoms with Gasteiger partial charge in [0.15, 0.2) is 6.61 Å². The largest absolute Gasteiger partial charge is 0.483 e. The van der Waals surface area contributed by atoms with Crippen LogP contribution in [0.1, 0.15) is 27.0 Å². The molecule has 0 heterocycles. The quantitative estimate of drug-likeness (QED) is 0.471. The predicted molar refractivity (Wildman–Crippen MR) is 127 cm³/mol. The molecule has 0 aliphatic carbocycles. The Kier molecular flexibility index (Phi) is 8.18. The average Bonchev–Trinajstić information content (AvgIpc) is 2.82. The van der Waals surface area contributed by atoms with E-state index >= 15 is 0 Å². The molecule has 3 rings (SSSR count). The third kappa shape index (κ3) is 7.50. The summed E-state index contributed by atoms with van der Waals surface area (Å²) in [6.45, 7) is 3.91. The summed E-state index contributed by atoms with van der Waals surface area (Å²) >= 11 is 0. The van der Waals surface area contributed by atoms with Crippen LogP contribution in [0.2, 0.25) is 0 Å². The predicted octanol–water partition coefficient (Wildman–Crippen LogP) is 3.37. The number of hydrogen-bond donors (Lipinski definition) is 3. The van der Waals surface area contributed by atoms with E-state index in [2.05, 4.69) is 16.0 Å². The first-order valence-electron chi connectivity index (χ1n) is 10.6. The lowest BCUT2D eigenvalue weighted by atomic mass is 10.1. The summed E-state index contributed by atoms with van der Waals surface area (Å²) in [5.41, 5.74) is 4.12. The number of para-hydroxylation sites is 1. The van der Waals surface area contributed by atoms with E-state index in [0.29, 0.717) is 12.2 Å². The van der Waals surface area contributed by atoms with Crippen molar-refractivity contribution in [3.05, 3.63) is 95.1 Å². The lowest BCUT2D eigenvalue weighted by molar-refractivity contribution is -0.120. The number of rotatable bonds is 9. The third-order valence-electron chi connectivity index (χ3n) is 4.85. The van der Waals surface area contributed by atoms with Gasteiger partial charge in [-0.05, 0) is 43.7 Å². The van der Waals surface area contributed by atoms with Gasteiger partial charge in [-0.2, -0.15) is 0 Å². The fourth-order valence-electron chi connectivity index (χ4n) is 2.98. The molecule has 0 radical (unpaired) electrons. The van der Waals surface area contributed by atoms with Crippen LogP contribution in [-0.2, 0) is 16.1 Å². The van der Waals surface area contributed by atoms with Crippen LogP contribution in [0.3, 0.4) is 0 Å². The molecule has 0 aromatic heterocycles. The molecule has 3 aromatic rings. The number of anilines is 1. The van der Waals surface area contributed by atoms with Crippen LogP contribution in [0.4, 0.5) is 5.69 Å². The van der Waals surface area contributed by atoms with Crippen molar-refractivity contribution in [1.82, 2.24) is 10.6 Å². The Morgan fingerprint density at radius 3 is 2.09 bits per heavy atom. The monoisotopic (exact) mass is 445 g/mol. The van der Waals surface area contributed by atoms with E-state index in [0.717, 1.165) is 16.7 Å². The Bertz CT molecular complexity index is 1110. The lowest BCUT2D eigenvalue weighted by Crippen LogP contribution is -2.36. The number of carbonyl (C=O) groups excluding carboxylic acids is 3. The Balaban J connectivity index is 1.48. The fraction of sp³-hybridized carbons (Fsp3) is 0.192. The van der Waals surface area contributed by atoms with Crippen molar-refractivity contribution in [2.45, 2.75) is 20.4 Å². The fourth-order valence-corrected chi connectivity index (χ4v) is 2.98. The molecule has 33 heavy (non-hydrogen) atoms. The minimum atomic E-state index is -0.463. The number of benzene rings is 3. The van der Waals surface area contributed by atoms with Crippen LogP contribution >= 0.6 is 0 Å². The highest BCUT2D eigenvalue weighted by Crippen LogP contribution is 2.18. The zero-order valence-electron chi connectivity index (χ0n) is 18.7. The number of aryl methyl sites for hydroxylation is 2. The second kappa shape index (κ2) is 11.5. The van der Waals surface area contributed by atoms with Crippen molar-refractivity contribution in [2.75, 3.05) is 18.5 Å². The van der Waals surface area contributed by atoms with Gasteiger partial charge in [-0.25, -0.2) is 0 Å². The Labute approximate surface area is 193 Å². The molecule has 0 saturated heterocycles. The minimum Gasteiger partial charge on any atom is -0.483 e. The molecule has 0 aliphatic rings. The van der Waals surface area contributed by atoms with Crippen LogP contribution in [0.5, 0.6) is 5.75 Å². The van der Waals surface area contributed by atoms with E-state index < -0.39 is 5.91 Å². The zero-order chi connectivity index (χ0) is 23.6. The number of carbonyl (C=O) groups is 3. The van der Waals surface area contributed by atoms with Crippen LogP contribution in [0.15, 0.2) is 72.8 Å². The second-order valence-corrected chi connectivity index (χ2v) is 7.64.